The summed E-state index contributed by atoms with van der Waals surface area (Å²) in [6.07, 6.45) is 12.7. The van der Waals surface area contributed by atoms with Gasteiger partial charge in [0.25, 0.3) is 5.91 Å². The standard InChI is InChI=1S/C19H23NO/c1-3-20(4-2)19(21)18-13-11-17(12-14-18)15-16-9-7-5-6-8-10-16/h5,7-14H,3-4,6,15H2,1-2H3. The highest BCUT2D eigenvalue weighted by atomic mass is 16.2. The van der Waals surface area contributed by atoms with Gasteiger partial charge in [-0.3, -0.25) is 4.79 Å². The number of carbonyl (C=O) groups is 1. The lowest BCUT2D eigenvalue weighted by molar-refractivity contribution is 0.0773. The normalized spacial score (nSPS) is 13.7. The van der Waals surface area contributed by atoms with Gasteiger partial charge < -0.3 is 4.90 Å². The van der Waals surface area contributed by atoms with E-state index >= 15 is 0 Å². The molecule has 21 heavy (non-hydrogen) atoms. The number of rotatable bonds is 5. The van der Waals surface area contributed by atoms with Crippen LogP contribution in [-0.4, -0.2) is 23.9 Å². The van der Waals surface area contributed by atoms with Gasteiger partial charge in [-0.25, -0.2) is 0 Å². The number of benzene rings is 1. The van der Waals surface area contributed by atoms with Crippen LogP contribution in [0.3, 0.4) is 0 Å². The minimum absolute atomic E-state index is 0.114. The maximum Gasteiger partial charge on any atom is 0.253 e. The molecular formula is C19H23NO. The van der Waals surface area contributed by atoms with Crippen molar-refractivity contribution in [2.24, 2.45) is 0 Å². The summed E-state index contributed by atoms with van der Waals surface area (Å²) in [6, 6.07) is 7.99. The van der Waals surface area contributed by atoms with Crippen LogP contribution in [0, 0.1) is 0 Å². The maximum absolute atomic E-state index is 12.2. The topological polar surface area (TPSA) is 20.3 Å². The molecule has 0 bridgehead atoms. The first-order chi connectivity index (χ1) is 10.2. The van der Waals surface area contributed by atoms with Crippen molar-refractivity contribution in [3.63, 3.8) is 0 Å². The summed E-state index contributed by atoms with van der Waals surface area (Å²) in [4.78, 5) is 14.1. The Hall–Kier alpha value is -2.09. The molecule has 0 aliphatic heterocycles. The van der Waals surface area contributed by atoms with Gasteiger partial charge in [0.2, 0.25) is 0 Å². The third kappa shape index (κ3) is 4.19. The van der Waals surface area contributed by atoms with Gasteiger partial charge in [0, 0.05) is 18.7 Å². The van der Waals surface area contributed by atoms with Crippen LogP contribution in [0.4, 0.5) is 0 Å². The van der Waals surface area contributed by atoms with Crippen molar-refractivity contribution in [1.82, 2.24) is 4.90 Å². The highest BCUT2D eigenvalue weighted by molar-refractivity contribution is 5.94. The molecule has 0 atom stereocenters. The molecule has 0 spiro atoms. The first-order valence-corrected chi connectivity index (χ1v) is 7.65. The van der Waals surface area contributed by atoms with Crippen LogP contribution in [0.25, 0.3) is 0 Å². The van der Waals surface area contributed by atoms with Gasteiger partial charge >= 0.3 is 0 Å². The maximum atomic E-state index is 12.2. The number of hydrogen-bond acceptors (Lipinski definition) is 1. The fourth-order valence-corrected chi connectivity index (χ4v) is 2.44. The monoisotopic (exact) mass is 281 g/mol. The van der Waals surface area contributed by atoms with Gasteiger partial charge in [-0.1, -0.05) is 42.5 Å². The lowest BCUT2D eigenvalue weighted by Crippen LogP contribution is -2.30. The van der Waals surface area contributed by atoms with Gasteiger partial charge in [-0.05, 0) is 50.0 Å². The predicted molar refractivity (Wildman–Crippen MR) is 88.4 cm³/mol. The molecule has 0 heterocycles. The summed E-state index contributed by atoms with van der Waals surface area (Å²) >= 11 is 0. The summed E-state index contributed by atoms with van der Waals surface area (Å²) in [5, 5.41) is 0. The van der Waals surface area contributed by atoms with Crippen LogP contribution < -0.4 is 0 Å². The van der Waals surface area contributed by atoms with Crippen LogP contribution in [0.15, 0.2) is 60.2 Å². The van der Waals surface area contributed by atoms with E-state index in [4.69, 9.17) is 0 Å². The zero-order valence-electron chi connectivity index (χ0n) is 12.9. The molecule has 2 nitrogen and oxygen atoms in total. The van der Waals surface area contributed by atoms with E-state index in [0.29, 0.717) is 0 Å². The van der Waals surface area contributed by atoms with E-state index in [1.54, 1.807) is 0 Å². The lowest BCUT2D eigenvalue weighted by atomic mass is 10.0. The second-order valence-corrected chi connectivity index (χ2v) is 5.16. The van der Waals surface area contributed by atoms with Crippen molar-refractivity contribution in [1.29, 1.82) is 0 Å². The molecule has 0 aromatic heterocycles. The minimum Gasteiger partial charge on any atom is -0.339 e. The Bertz CT molecular complexity index is 560. The molecule has 1 aromatic rings. The average molecular weight is 281 g/mol. The molecule has 1 aromatic carbocycles. The highest BCUT2D eigenvalue weighted by Gasteiger charge is 2.11. The minimum atomic E-state index is 0.114. The third-order valence-corrected chi connectivity index (χ3v) is 3.71. The Morgan fingerprint density at radius 1 is 1.10 bits per heavy atom. The molecule has 1 aliphatic rings. The number of hydrogen-bond donors (Lipinski definition) is 0. The van der Waals surface area contributed by atoms with Gasteiger partial charge in [0.05, 0.1) is 0 Å². The summed E-state index contributed by atoms with van der Waals surface area (Å²) in [6.45, 7) is 5.52. The van der Waals surface area contributed by atoms with Gasteiger partial charge in [0.1, 0.15) is 0 Å². The summed E-state index contributed by atoms with van der Waals surface area (Å²) in [7, 11) is 0. The van der Waals surface area contributed by atoms with Gasteiger partial charge in [-0.2, -0.15) is 0 Å². The van der Waals surface area contributed by atoms with Crippen LogP contribution in [-0.2, 0) is 6.42 Å². The van der Waals surface area contributed by atoms with Crippen molar-refractivity contribution in [2.45, 2.75) is 26.7 Å². The average Bonchev–Trinajstić information content (AvgIpc) is 2.78. The largest absolute Gasteiger partial charge is 0.339 e. The van der Waals surface area contributed by atoms with Crippen LogP contribution in [0.1, 0.15) is 36.2 Å². The smallest absolute Gasteiger partial charge is 0.253 e. The Morgan fingerprint density at radius 3 is 2.48 bits per heavy atom. The Balaban J connectivity index is 2.07. The summed E-state index contributed by atoms with van der Waals surface area (Å²) < 4.78 is 0. The molecule has 1 aliphatic carbocycles. The molecule has 0 fully saturated rings. The Morgan fingerprint density at radius 2 is 1.81 bits per heavy atom. The van der Waals surface area contributed by atoms with E-state index < -0.39 is 0 Å². The summed E-state index contributed by atoms with van der Waals surface area (Å²) in [5.41, 5.74) is 3.30. The van der Waals surface area contributed by atoms with E-state index in [1.807, 2.05) is 30.9 Å². The van der Waals surface area contributed by atoms with Gasteiger partial charge in [0.15, 0.2) is 0 Å². The molecule has 2 rings (SSSR count). The van der Waals surface area contributed by atoms with Crippen LogP contribution in [0.5, 0.6) is 0 Å². The molecule has 0 N–H and O–H groups in total. The van der Waals surface area contributed by atoms with E-state index in [0.717, 1.165) is 31.5 Å². The SMILES string of the molecule is CCN(CC)C(=O)c1ccc(CC2=CC=CCC=C2)cc1. The van der Waals surface area contributed by atoms with Crippen LogP contribution in [0.2, 0.25) is 0 Å². The molecule has 0 saturated heterocycles. The number of carbonyl (C=O) groups excluding carboxylic acids is 1. The molecule has 0 unspecified atom stereocenters. The van der Waals surface area contributed by atoms with Crippen molar-refractivity contribution in [2.75, 3.05) is 13.1 Å². The highest BCUT2D eigenvalue weighted by Crippen LogP contribution is 2.14. The number of amides is 1. The van der Waals surface area contributed by atoms with E-state index in [2.05, 4.69) is 42.5 Å². The van der Waals surface area contributed by atoms with Crippen molar-refractivity contribution in [3.05, 3.63) is 71.3 Å². The molecule has 0 saturated carbocycles. The van der Waals surface area contributed by atoms with Crippen LogP contribution >= 0.6 is 0 Å². The van der Waals surface area contributed by atoms with Crippen molar-refractivity contribution >= 4 is 5.91 Å². The predicted octanol–water partition coefficient (Wildman–Crippen LogP) is 4.15. The molecule has 2 heteroatoms. The van der Waals surface area contributed by atoms with Crippen molar-refractivity contribution in [3.8, 4) is 0 Å². The molecule has 1 amide bonds. The molecular weight excluding hydrogens is 258 g/mol. The van der Waals surface area contributed by atoms with Gasteiger partial charge in [-0.15, -0.1) is 0 Å². The van der Waals surface area contributed by atoms with E-state index in [1.165, 1.54) is 11.1 Å². The second-order valence-electron chi connectivity index (χ2n) is 5.16. The fourth-order valence-electron chi connectivity index (χ4n) is 2.44. The molecule has 110 valence electrons. The molecule has 0 radical (unpaired) electrons. The zero-order chi connectivity index (χ0) is 15.1. The van der Waals surface area contributed by atoms with E-state index in [9.17, 15) is 4.79 Å². The second kappa shape index (κ2) is 7.63. The summed E-state index contributed by atoms with van der Waals surface area (Å²) in [5.74, 6) is 0.114. The number of allylic oxidation sites excluding steroid dienone is 6. The fraction of sp³-hybridized carbons (Fsp3) is 0.316. The lowest BCUT2D eigenvalue weighted by Gasteiger charge is -2.18. The first-order valence-electron chi connectivity index (χ1n) is 7.65. The quantitative estimate of drug-likeness (QED) is 0.794. The zero-order valence-corrected chi connectivity index (χ0v) is 12.9. The number of nitrogens with zero attached hydrogens (tertiary/aromatic N) is 1. The Kier molecular flexibility index (Phi) is 5.56. The van der Waals surface area contributed by atoms with E-state index in [-0.39, 0.29) is 5.91 Å². The third-order valence-electron chi connectivity index (χ3n) is 3.71. The first kappa shape index (κ1) is 15.3. The van der Waals surface area contributed by atoms with Crippen molar-refractivity contribution < 1.29 is 4.79 Å². The Labute approximate surface area is 127 Å².